The summed E-state index contributed by atoms with van der Waals surface area (Å²) in [6, 6.07) is 6.60. The van der Waals surface area contributed by atoms with Crippen LogP contribution in [-0.2, 0) is 13.0 Å². The van der Waals surface area contributed by atoms with Gasteiger partial charge in [0.05, 0.1) is 18.2 Å². The van der Waals surface area contributed by atoms with Gasteiger partial charge in [-0.25, -0.2) is 4.98 Å². The van der Waals surface area contributed by atoms with E-state index >= 15 is 0 Å². The number of para-hydroxylation sites is 1. The van der Waals surface area contributed by atoms with Crippen LogP contribution in [0.1, 0.15) is 18.4 Å². The quantitative estimate of drug-likeness (QED) is 0.936. The van der Waals surface area contributed by atoms with Crippen molar-refractivity contribution in [2.24, 2.45) is 0 Å². The fraction of sp³-hybridized carbons (Fsp3) is 0.471. The van der Waals surface area contributed by atoms with Crippen LogP contribution in [0.5, 0.6) is 0 Å². The lowest BCUT2D eigenvalue weighted by Gasteiger charge is -2.17. The molecule has 0 amide bonds. The molecule has 110 valence electrons. The Kier molecular flexibility index (Phi) is 3.39. The molecular formula is C17H22N4. The molecule has 1 aromatic heterocycles. The van der Waals surface area contributed by atoms with Gasteiger partial charge in [-0.05, 0) is 37.9 Å². The maximum Gasteiger partial charge on any atom is 0.0951 e. The SMILES string of the molecule is c1cc2c(c(-c3cncn3CCN3CCCC3)c1)NCC2. The Morgan fingerprint density at radius 3 is 2.95 bits per heavy atom. The van der Waals surface area contributed by atoms with E-state index in [9.17, 15) is 0 Å². The van der Waals surface area contributed by atoms with Crippen molar-refractivity contribution in [2.75, 3.05) is 31.5 Å². The Bertz CT molecular complexity index is 625. The molecule has 2 aliphatic rings. The van der Waals surface area contributed by atoms with Gasteiger partial charge in [0.15, 0.2) is 0 Å². The van der Waals surface area contributed by atoms with Gasteiger partial charge in [0.25, 0.3) is 0 Å². The van der Waals surface area contributed by atoms with Crippen LogP contribution in [0.3, 0.4) is 0 Å². The number of imidazole rings is 1. The molecule has 4 heteroatoms. The number of nitrogens with zero attached hydrogens (tertiary/aromatic N) is 3. The van der Waals surface area contributed by atoms with E-state index in [1.54, 1.807) is 0 Å². The van der Waals surface area contributed by atoms with Crippen LogP contribution < -0.4 is 5.32 Å². The molecule has 2 aromatic rings. The summed E-state index contributed by atoms with van der Waals surface area (Å²) in [5, 5.41) is 3.53. The number of fused-ring (bicyclic) bond motifs is 1. The molecule has 0 saturated carbocycles. The monoisotopic (exact) mass is 282 g/mol. The number of nitrogens with one attached hydrogen (secondary N) is 1. The summed E-state index contributed by atoms with van der Waals surface area (Å²) < 4.78 is 2.30. The number of hydrogen-bond donors (Lipinski definition) is 1. The smallest absolute Gasteiger partial charge is 0.0951 e. The molecule has 0 bridgehead atoms. The molecule has 1 fully saturated rings. The normalized spacial score (nSPS) is 17.9. The molecule has 1 saturated heterocycles. The van der Waals surface area contributed by atoms with Crippen molar-refractivity contribution in [3.05, 3.63) is 36.3 Å². The van der Waals surface area contributed by atoms with Crippen molar-refractivity contribution in [1.82, 2.24) is 14.5 Å². The van der Waals surface area contributed by atoms with Crippen LogP contribution in [-0.4, -0.2) is 40.6 Å². The number of anilines is 1. The average molecular weight is 282 g/mol. The van der Waals surface area contributed by atoms with Crippen LogP contribution in [0.25, 0.3) is 11.3 Å². The first-order valence-corrected chi connectivity index (χ1v) is 8.00. The van der Waals surface area contributed by atoms with Gasteiger partial charge in [-0.15, -0.1) is 0 Å². The molecular weight excluding hydrogens is 260 g/mol. The minimum atomic E-state index is 1.03. The number of rotatable bonds is 4. The van der Waals surface area contributed by atoms with E-state index in [-0.39, 0.29) is 0 Å². The largest absolute Gasteiger partial charge is 0.384 e. The molecule has 0 radical (unpaired) electrons. The third-order valence-electron chi connectivity index (χ3n) is 4.69. The zero-order valence-electron chi connectivity index (χ0n) is 12.4. The highest BCUT2D eigenvalue weighted by Crippen LogP contribution is 2.34. The zero-order chi connectivity index (χ0) is 14.1. The van der Waals surface area contributed by atoms with Gasteiger partial charge < -0.3 is 14.8 Å². The van der Waals surface area contributed by atoms with Crippen molar-refractivity contribution in [3.63, 3.8) is 0 Å². The minimum Gasteiger partial charge on any atom is -0.384 e. The van der Waals surface area contributed by atoms with Crippen molar-refractivity contribution in [3.8, 4) is 11.3 Å². The van der Waals surface area contributed by atoms with Crippen molar-refractivity contribution < 1.29 is 0 Å². The molecule has 0 aliphatic carbocycles. The third kappa shape index (κ3) is 2.44. The first kappa shape index (κ1) is 12.9. The zero-order valence-corrected chi connectivity index (χ0v) is 12.4. The topological polar surface area (TPSA) is 33.1 Å². The summed E-state index contributed by atoms with van der Waals surface area (Å²) >= 11 is 0. The van der Waals surface area contributed by atoms with Crippen LogP contribution in [0, 0.1) is 0 Å². The molecule has 0 atom stereocenters. The van der Waals surface area contributed by atoms with E-state index in [1.165, 1.54) is 48.4 Å². The molecule has 4 nitrogen and oxygen atoms in total. The Morgan fingerprint density at radius 2 is 2.05 bits per heavy atom. The Labute approximate surface area is 125 Å². The number of likely N-dealkylation sites (tertiary alicyclic amines) is 1. The van der Waals surface area contributed by atoms with Gasteiger partial charge in [0.1, 0.15) is 0 Å². The summed E-state index contributed by atoms with van der Waals surface area (Å²) in [4.78, 5) is 6.94. The summed E-state index contributed by atoms with van der Waals surface area (Å²) in [6.45, 7) is 5.72. The molecule has 21 heavy (non-hydrogen) atoms. The van der Waals surface area contributed by atoms with Gasteiger partial charge in [0.2, 0.25) is 0 Å². The fourth-order valence-corrected chi connectivity index (χ4v) is 3.53. The number of hydrogen-bond acceptors (Lipinski definition) is 3. The maximum atomic E-state index is 4.39. The Morgan fingerprint density at radius 1 is 1.14 bits per heavy atom. The second-order valence-corrected chi connectivity index (χ2v) is 6.04. The van der Waals surface area contributed by atoms with Crippen molar-refractivity contribution in [2.45, 2.75) is 25.8 Å². The molecule has 3 heterocycles. The summed E-state index contributed by atoms with van der Waals surface area (Å²) in [7, 11) is 0. The van der Waals surface area contributed by atoms with Gasteiger partial charge in [-0.1, -0.05) is 18.2 Å². The summed E-state index contributed by atoms with van der Waals surface area (Å²) in [5.41, 5.74) is 5.27. The van der Waals surface area contributed by atoms with E-state index in [2.05, 4.69) is 38.0 Å². The van der Waals surface area contributed by atoms with E-state index in [0.29, 0.717) is 0 Å². The van der Waals surface area contributed by atoms with Crippen LogP contribution in [0.4, 0.5) is 5.69 Å². The second kappa shape index (κ2) is 5.53. The van der Waals surface area contributed by atoms with Crippen LogP contribution in [0.2, 0.25) is 0 Å². The summed E-state index contributed by atoms with van der Waals surface area (Å²) in [5.74, 6) is 0. The van der Waals surface area contributed by atoms with Gasteiger partial charge in [-0.2, -0.15) is 0 Å². The lowest BCUT2D eigenvalue weighted by atomic mass is 10.1. The average Bonchev–Trinajstić information content (AvgIpc) is 3.25. The molecule has 4 rings (SSSR count). The van der Waals surface area contributed by atoms with Crippen LogP contribution >= 0.6 is 0 Å². The van der Waals surface area contributed by atoms with E-state index < -0.39 is 0 Å². The molecule has 0 spiro atoms. The van der Waals surface area contributed by atoms with Gasteiger partial charge in [0, 0.05) is 30.9 Å². The van der Waals surface area contributed by atoms with Crippen molar-refractivity contribution >= 4 is 5.69 Å². The third-order valence-corrected chi connectivity index (χ3v) is 4.69. The number of benzene rings is 1. The lowest BCUT2D eigenvalue weighted by Crippen LogP contribution is -2.24. The highest BCUT2D eigenvalue weighted by Gasteiger charge is 2.18. The van der Waals surface area contributed by atoms with E-state index in [4.69, 9.17) is 0 Å². The molecule has 0 unspecified atom stereocenters. The van der Waals surface area contributed by atoms with Crippen molar-refractivity contribution in [1.29, 1.82) is 0 Å². The van der Waals surface area contributed by atoms with Crippen LogP contribution in [0.15, 0.2) is 30.7 Å². The first-order chi connectivity index (χ1) is 10.4. The molecule has 2 aliphatic heterocycles. The lowest BCUT2D eigenvalue weighted by molar-refractivity contribution is 0.323. The van der Waals surface area contributed by atoms with E-state index in [1.807, 2.05) is 12.5 Å². The van der Waals surface area contributed by atoms with Gasteiger partial charge in [-0.3, -0.25) is 0 Å². The standard InChI is InChI=1S/C17H22N4/c1-2-9-20(8-1)10-11-21-13-18-12-16(21)15-5-3-4-14-6-7-19-17(14)15/h3-5,12-13,19H,1-2,6-11H2. The Balaban J connectivity index is 1.58. The Hall–Kier alpha value is -1.81. The van der Waals surface area contributed by atoms with E-state index in [0.717, 1.165) is 26.1 Å². The second-order valence-electron chi connectivity index (χ2n) is 6.04. The minimum absolute atomic E-state index is 1.03. The fourth-order valence-electron chi connectivity index (χ4n) is 3.53. The predicted molar refractivity (Wildman–Crippen MR) is 85.5 cm³/mol. The molecule has 1 N–H and O–H groups in total. The number of aromatic nitrogens is 2. The molecule has 1 aromatic carbocycles. The maximum absolute atomic E-state index is 4.39. The summed E-state index contributed by atoms with van der Waals surface area (Å²) in [6.07, 6.45) is 7.81. The highest BCUT2D eigenvalue weighted by molar-refractivity contribution is 5.79. The highest BCUT2D eigenvalue weighted by atomic mass is 15.2. The predicted octanol–water partition coefficient (Wildman–Crippen LogP) is 2.61. The van der Waals surface area contributed by atoms with Gasteiger partial charge >= 0.3 is 0 Å². The first-order valence-electron chi connectivity index (χ1n) is 8.00.